The molecule has 0 bridgehead atoms. The average molecular weight is 256 g/mol. The van der Waals surface area contributed by atoms with Gasteiger partial charge in [0.05, 0.1) is 6.04 Å². The van der Waals surface area contributed by atoms with E-state index in [1.807, 2.05) is 30.5 Å². The Morgan fingerprint density at radius 1 is 1.26 bits per heavy atom. The van der Waals surface area contributed by atoms with Crippen molar-refractivity contribution in [3.63, 3.8) is 0 Å². The quantitative estimate of drug-likeness (QED) is 0.810. The van der Waals surface area contributed by atoms with E-state index in [4.69, 9.17) is 4.99 Å². The first-order valence-corrected chi connectivity index (χ1v) is 7.19. The second kappa shape index (κ2) is 5.16. The Morgan fingerprint density at radius 3 is 2.89 bits per heavy atom. The summed E-state index contributed by atoms with van der Waals surface area (Å²) in [6, 6.07) is 8.28. The van der Waals surface area contributed by atoms with Gasteiger partial charge in [0.1, 0.15) is 5.92 Å². The summed E-state index contributed by atoms with van der Waals surface area (Å²) in [5.41, 5.74) is 1.99. The number of nitrogens with one attached hydrogen (secondary N) is 1. The van der Waals surface area contributed by atoms with Gasteiger partial charge in [-0.05, 0) is 30.4 Å². The molecule has 1 amide bonds. The molecular formula is C16H20N2O. The smallest absolute Gasteiger partial charge is 0.237 e. The molecule has 1 N–H and O–H groups in total. The lowest BCUT2D eigenvalue weighted by Crippen LogP contribution is -2.22. The Bertz CT molecular complexity index is 509. The Hall–Kier alpha value is -1.64. The molecule has 1 aromatic carbocycles. The summed E-state index contributed by atoms with van der Waals surface area (Å²) >= 11 is 0. The van der Waals surface area contributed by atoms with Crippen molar-refractivity contribution in [2.45, 2.75) is 44.6 Å². The number of amides is 1. The maximum atomic E-state index is 12.0. The molecule has 3 atom stereocenters. The fraction of sp³-hybridized carbons (Fsp3) is 0.500. The van der Waals surface area contributed by atoms with E-state index >= 15 is 0 Å². The van der Waals surface area contributed by atoms with E-state index in [1.54, 1.807) is 0 Å². The first-order valence-electron chi connectivity index (χ1n) is 7.19. The standard InChI is InChI=1S/C16H20N2O/c1-11-6-2-4-8-14(11)17-10-13-12-7-3-5-9-15(12)18-16(13)19/h3,5,7,9-11,13-14H,2,4,6,8H2,1H3,(H,18,19)/t11-,13?,14+/m0/s1. The van der Waals surface area contributed by atoms with Crippen molar-refractivity contribution in [1.82, 2.24) is 0 Å². The van der Waals surface area contributed by atoms with Gasteiger partial charge in [0.25, 0.3) is 0 Å². The number of anilines is 1. The number of carbonyl (C=O) groups excluding carboxylic acids is 1. The summed E-state index contributed by atoms with van der Waals surface area (Å²) in [6.45, 7) is 2.27. The Morgan fingerprint density at radius 2 is 2.05 bits per heavy atom. The first-order chi connectivity index (χ1) is 9.25. The third-order valence-electron chi connectivity index (χ3n) is 4.33. The van der Waals surface area contributed by atoms with Crippen LogP contribution in [0.5, 0.6) is 0 Å². The van der Waals surface area contributed by atoms with Crippen molar-refractivity contribution in [3.05, 3.63) is 29.8 Å². The van der Waals surface area contributed by atoms with Gasteiger partial charge >= 0.3 is 0 Å². The van der Waals surface area contributed by atoms with Crippen molar-refractivity contribution in [1.29, 1.82) is 0 Å². The van der Waals surface area contributed by atoms with Crippen molar-refractivity contribution < 1.29 is 4.79 Å². The summed E-state index contributed by atoms with van der Waals surface area (Å²) in [5.74, 6) is 0.489. The monoisotopic (exact) mass is 256 g/mol. The fourth-order valence-electron chi connectivity index (χ4n) is 3.10. The number of aliphatic imine (C=N–C) groups is 1. The second-order valence-corrected chi connectivity index (χ2v) is 5.68. The van der Waals surface area contributed by atoms with E-state index in [2.05, 4.69) is 12.2 Å². The highest BCUT2D eigenvalue weighted by atomic mass is 16.2. The van der Waals surface area contributed by atoms with Gasteiger partial charge in [-0.3, -0.25) is 9.79 Å². The van der Waals surface area contributed by atoms with Crippen LogP contribution in [0.4, 0.5) is 5.69 Å². The Balaban J connectivity index is 1.77. The first kappa shape index (κ1) is 12.4. The number of benzene rings is 1. The molecule has 19 heavy (non-hydrogen) atoms. The van der Waals surface area contributed by atoms with Gasteiger partial charge in [0.2, 0.25) is 5.91 Å². The maximum Gasteiger partial charge on any atom is 0.237 e. The molecule has 0 aromatic heterocycles. The molecule has 1 unspecified atom stereocenters. The molecule has 1 aliphatic carbocycles. The predicted octanol–water partition coefficient (Wildman–Crippen LogP) is 3.37. The summed E-state index contributed by atoms with van der Waals surface area (Å²) in [7, 11) is 0. The predicted molar refractivity (Wildman–Crippen MR) is 77.7 cm³/mol. The van der Waals surface area contributed by atoms with Gasteiger partial charge in [-0.15, -0.1) is 0 Å². The van der Waals surface area contributed by atoms with Crippen LogP contribution in [0.2, 0.25) is 0 Å². The van der Waals surface area contributed by atoms with E-state index in [0.29, 0.717) is 12.0 Å². The SMILES string of the molecule is C[C@H]1CCCC[C@H]1N=CC1C(=O)Nc2ccccc21. The minimum absolute atomic E-state index is 0.0495. The lowest BCUT2D eigenvalue weighted by Gasteiger charge is -2.25. The van der Waals surface area contributed by atoms with E-state index in [-0.39, 0.29) is 11.8 Å². The lowest BCUT2D eigenvalue weighted by molar-refractivity contribution is -0.115. The van der Waals surface area contributed by atoms with E-state index in [1.165, 1.54) is 19.3 Å². The third-order valence-corrected chi connectivity index (χ3v) is 4.33. The zero-order chi connectivity index (χ0) is 13.2. The number of rotatable bonds is 2. The van der Waals surface area contributed by atoms with Crippen molar-refractivity contribution in [2.75, 3.05) is 5.32 Å². The molecule has 3 rings (SSSR count). The minimum Gasteiger partial charge on any atom is -0.325 e. The summed E-state index contributed by atoms with van der Waals surface area (Å²) in [5, 5.41) is 2.92. The van der Waals surface area contributed by atoms with Gasteiger partial charge in [0, 0.05) is 11.9 Å². The number of carbonyl (C=O) groups is 1. The molecular weight excluding hydrogens is 236 g/mol. The molecule has 0 radical (unpaired) electrons. The second-order valence-electron chi connectivity index (χ2n) is 5.68. The van der Waals surface area contributed by atoms with Crippen molar-refractivity contribution in [3.8, 4) is 0 Å². The van der Waals surface area contributed by atoms with Gasteiger partial charge < -0.3 is 5.32 Å². The van der Waals surface area contributed by atoms with Crippen LogP contribution in [-0.2, 0) is 4.79 Å². The normalized spacial score (nSPS) is 30.4. The highest BCUT2D eigenvalue weighted by molar-refractivity contribution is 6.12. The largest absolute Gasteiger partial charge is 0.325 e. The lowest BCUT2D eigenvalue weighted by atomic mass is 9.86. The summed E-state index contributed by atoms with van der Waals surface area (Å²) < 4.78 is 0. The molecule has 0 spiro atoms. The van der Waals surface area contributed by atoms with Crippen LogP contribution in [0.1, 0.15) is 44.1 Å². The third kappa shape index (κ3) is 2.42. The molecule has 1 fully saturated rings. The van der Waals surface area contributed by atoms with Crippen LogP contribution in [0.25, 0.3) is 0 Å². The molecule has 2 aliphatic rings. The number of hydrogen-bond donors (Lipinski definition) is 1. The van der Waals surface area contributed by atoms with Gasteiger partial charge in [0.15, 0.2) is 0 Å². The number of nitrogens with zero attached hydrogens (tertiary/aromatic N) is 1. The van der Waals surface area contributed by atoms with Crippen molar-refractivity contribution in [2.24, 2.45) is 10.9 Å². The van der Waals surface area contributed by atoms with Crippen LogP contribution in [0, 0.1) is 5.92 Å². The number of para-hydroxylation sites is 1. The van der Waals surface area contributed by atoms with E-state index in [9.17, 15) is 4.79 Å². The average Bonchev–Trinajstić information content (AvgIpc) is 2.74. The van der Waals surface area contributed by atoms with E-state index in [0.717, 1.165) is 17.7 Å². The van der Waals surface area contributed by atoms with Crippen molar-refractivity contribution >= 4 is 17.8 Å². The van der Waals surface area contributed by atoms with E-state index < -0.39 is 0 Å². The minimum atomic E-state index is -0.203. The van der Waals surface area contributed by atoms with Gasteiger partial charge in [-0.1, -0.05) is 38.0 Å². The topological polar surface area (TPSA) is 41.5 Å². The fourth-order valence-corrected chi connectivity index (χ4v) is 3.10. The Labute approximate surface area is 114 Å². The molecule has 0 saturated heterocycles. The molecule has 1 saturated carbocycles. The molecule has 3 heteroatoms. The Kier molecular flexibility index (Phi) is 3.36. The van der Waals surface area contributed by atoms with Crippen LogP contribution >= 0.6 is 0 Å². The maximum absolute atomic E-state index is 12.0. The van der Waals surface area contributed by atoms with Gasteiger partial charge in [-0.25, -0.2) is 0 Å². The molecule has 100 valence electrons. The summed E-state index contributed by atoms with van der Waals surface area (Å²) in [4.78, 5) is 16.7. The van der Waals surface area contributed by atoms with Crippen LogP contribution in [-0.4, -0.2) is 18.2 Å². The molecule has 1 heterocycles. The van der Waals surface area contributed by atoms with Gasteiger partial charge in [-0.2, -0.15) is 0 Å². The highest BCUT2D eigenvalue weighted by Gasteiger charge is 2.29. The zero-order valence-corrected chi connectivity index (χ0v) is 11.3. The molecule has 1 aromatic rings. The van der Waals surface area contributed by atoms with Crippen LogP contribution < -0.4 is 5.32 Å². The zero-order valence-electron chi connectivity index (χ0n) is 11.3. The van der Waals surface area contributed by atoms with Crippen LogP contribution in [0.15, 0.2) is 29.3 Å². The summed E-state index contributed by atoms with van der Waals surface area (Å²) in [6.07, 6.45) is 6.87. The molecule has 1 aliphatic heterocycles. The van der Waals surface area contributed by atoms with Crippen LogP contribution in [0.3, 0.4) is 0 Å². The highest BCUT2D eigenvalue weighted by Crippen LogP contribution is 2.32. The number of hydrogen-bond acceptors (Lipinski definition) is 2. The molecule has 3 nitrogen and oxygen atoms in total. The number of fused-ring (bicyclic) bond motifs is 1.